The molecule has 0 bridgehead atoms. The summed E-state index contributed by atoms with van der Waals surface area (Å²) in [5.74, 6) is -0.482. The lowest BCUT2D eigenvalue weighted by atomic mass is 9.96. The number of hydrogen-bond acceptors (Lipinski definition) is 5. The van der Waals surface area contributed by atoms with Gasteiger partial charge in [0.05, 0.1) is 11.0 Å². The zero-order chi connectivity index (χ0) is 16.7. The highest BCUT2D eigenvalue weighted by molar-refractivity contribution is 5.92. The second-order valence-electron chi connectivity index (χ2n) is 6.48. The number of nitrogens with one attached hydrogen (secondary N) is 3. The maximum absolute atomic E-state index is 12.9. The summed E-state index contributed by atoms with van der Waals surface area (Å²) in [5, 5.41) is 6.49. The summed E-state index contributed by atoms with van der Waals surface area (Å²) in [4.78, 5) is 40.2. The summed E-state index contributed by atoms with van der Waals surface area (Å²) in [5.41, 5.74) is 1.72. The molecule has 3 heterocycles. The Balaban J connectivity index is 1.94. The molecule has 2 aromatic rings. The first kappa shape index (κ1) is 15.3. The van der Waals surface area contributed by atoms with Crippen molar-refractivity contribution in [2.75, 3.05) is 19.6 Å². The van der Waals surface area contributed by atoms with Crippen LogP contribution in [-0.2, 0) is 13.0 Å². The van der Waals surface area contributed by atoms with Crippen molar-refractivity contribution in [3.63, 3.8) is 0 Å². The second kappa shape index (κ2) is 5.99. The zero-order valence-corrected chi connectivity index (χ0v) is 13.4. The molecule has 3 N–H and O–H groups in total. The van der Waals surface area contributed by atoms with Gasteiger partial charge >= 0.3 is 11.1 Å². The summed E-state index contributed by atoms with van der Waals surface area (Å²) in [6, 6.07) is 3.75. The van der Waals surface area contributed by atoms with Gasteiger partial charge in [0.25, 0.3) is 0 Å². The van der Waals surface area contributed by atoms with E-state index >= 15 is 0 Å². The number of carbonyl (C=O) groups excluding carboxylic acids is 1. The number of piperidine rings is 1. The van der Waals surface area contributed by atoms with E-state index in [1.807, 2.05) is 6.07 Å². The highest BCUT2D eigenvalue weighted by Gasteiger charge is 2.26. The Labute approximate surface area is 138 Å². The Morgan fingerprint density at radius 1 is 1.08 bits per heavy atom. The standard InChI is InChI=1S/C17H20N4O3/c22-15-17(24)21(16(23)11-4-6-18-7-5-11)13-2-1-10-3-8-19-9-12(10)14(13)20-15/h1-2,11,18-19H,3-9H2,(H,20,22). The Hall–Kier alpha value is -2.25. The van der Waals surface area contributed by atoms with Gasteiger partial charge < -0.3 is 15.6 Å². The zero-order valence-electron chi connectivity index (χ0n) is 13.4. The number of nitrogens with zero attached hydrogens (tertiary/aromatic N) is 1. The molecule has 1 aromatic heterocycles. The summed E-state index contributed by atoms with van der Waals surface area (Å²) >= 11 is 0. The number of fused-ring (bicyclic) bond motifs is 3. The molecule has 0 amide bonds. The molecule has 2 aliphatic rings. The molecular weight excluding hydrogens is 308 g/mol. The van der Waals surface area contributed by atoms with E-state index in [0.717, 1.165) is 41.7 Å². The van der Waals surface area contributed by atoms with Crippen LogP contribution in [-0.4, -0.2) is 35.1 Å². The van der Waals surface area contributed by atoms with E-state index in [0.29, 0.717) is 30.4 Å². The van der Waals surface area contributed by atoms with Gasteiger partial charge in [0, 0.05) is 12.5 Å². The van der Waals surface area contributed by atoms with Crippen molar-refractivity contribution in [2.45, 2.75) is 25.8 Å². The summed E-state index contributed by atoms with van der Waals surface area (Å²) in [6.07, 6.45) is 2.24. The number of benzene rings is 1. The Bertz CT molecular complexity index is 922. The Kier molecular flexibility index (Phi) is 3.82. The fourth-order valence-corrected chi connectivity index (χ4v) is 3.73. The van der Waals surface area contributed by atoms with Crippen LogP contribution >= 0.6 is 0 Å². The number of H-pyrrole nitrogens is 1. The Morgan fingerprint density at radius 2 is 1.88 bits per heavy atom. The fourth-order valence-electron chi connectivity index (χ4n) is 3.73. The molecule has 1 fully saturated rings. The minimum Gasteiger partial charge on any atom is -0.317 e. The van der Waals surface area contributed by atoms with Gasteiger partial charge in [-0.3, -0.25) is 14.4 Å². The first-order valence-electron chi connectivity index (χ1n) is 8.42. The largest absolute Gasteiger partial charge is 0.323 e. The molecule has 24 heavy (non-hydrogen) atoms. The third kappa shape index (κ3) is 2.40. The number of aromatic nitrogens is 2. The topological polar surface area (TPSA) is 96.0 Å². The lowest BCUT2D eigenvalue weighted by molar-refractivity contribution is 0.0808. The molecule has 7 nitrogen and oxygen atoms in total. The average molecular weight is 328 g/mol. The van der Waals surface area contributed by atoms with Crippen LogP contribution in [0.2, 0.25) is 0 Å². The minimum atomic E-state index is -0.783. The van der Waals surface area contributed by atoms with Crippen LogP contribution in [0.1, 0.15) is 28.8 Å². The van der Waals surface area contributed by atoms with E-state index < -0.39 is 11.1 Å². The lowest BCUT2D eigenvalue weighted by Crippen LogP contribution is -2.44. The monoisotopic (exact) mass is 328 g/mol. The van der Waals surface area contributed by atoms with E-state index in [1.165, 1.54) is 0 Å². The third-order valence-electron chi connectivity index (χ3n) is 5.05. The quantitative estimate of drug-likeness (QED) is 0.639. The number of carbonyl (C=O) groups is 1. The van der Waals surface area contributed by atoms with Crippen LogP contribution in [0.5, 0.6) is 0 Å². The van der Waals surface area contributed by atoms with Gasteiger partial charge in [-0.1, -0.05) is 6.07 Å². The number of aromatic amines is 1. The molecule has 0 atom stereocenters. The predicted octanol–water partition coefficient (Wildman–Crippen LogP) is -0.0247. The van der Waals surface area contributed by atoms with Crippen LogP contribution in [0, 0.1) is 5.92 Å². The van der Waals surface area contributed by atoms with Crippen LogP contribution in [0.4, 0.5) is 0 Å². The molecule has 0 aliphatic carbocycles. The van der Waals surface area contributed by atoms with Crippen molar-refractivity contribution >= 4 is 16.9 Å². The molecule has 1 saturated heterocycles. The van der Waals surface area contributed by atoms with E-state index in [1.54, 1.807) is 6.07 Å². The van der Waals surface area contributed by atoms with E-state index in [2.05, 4.69) is 15.6 Å². The third-order valence-corrected chi connectivity index (χ3v) is 5.05. The molecule has 4 rings (SSSR count). The van der Waals surface area contributed by atoms with Gasteiger partial charge in [-0.2, -0.15) is 0 Å². The minimum absolute atomic E-state index is 0.219. The van der Waals surface area contributed by atoms with Gasteiger partial charge in [0.2, 0.25) is 5.91 Å². The summed E-state index contributed by atoms with van der Waals surface area (Å²) < 4.78 is 1.10. The SMILES string of the molecule is O=C(C1CCNCC1)n1c(=O)c(=O)[nH]c2c3c(ccc21)CCNC3. The number of rotatable bonds is 1. The van der Waals surface area contributed by atoms with Gasteiger partial charge in [-0.25, -0.2) is 4.57 Å². The molecule has 0 unspecified atom stereocenters. The predicted molar refractivity (Wildman–Crippen MR) is 90.5 cm³/mol. The molecule has 0 spiro atoms. The summed E-state index contributed by atoms with van der Waals surface area (Å²) in [7, 11) is 0. The van der Waals surface area contributed by atoms with E-state index in [9.17, 15) is 14.4 Å². The van der Waals surface area contributed by atoms with Crippen molar-refractivity contribution < 1.29 is 4.79 Å². The molecule has 0 radical (unpaired) electrons. The maximum atomic E-state index is 12.9. The van der Waals surface area contributed by atoms with E-state index in [-0.39, 0.29) is 11.8 Å². The van der Waals surface area contributed by atoms with Gasteiger partial charge in [0.1, 0.15) is 0 Å². The molecular formula is C17H20N4O3. The van der Waals surface area contributed by atoms with Crippen LogP contribution < -0.4 is 21.8 Å². The van der Waals surface area contributed by atoms with Crippen LogP contribution in [0.3, 0.4) is 0 Å². The molecule has 2 aliphatic heterocycles. The molecule has 7 heteroatoms. The molecule has 0 saturated carbocycles. The lowest BCUT2D eigenvalue weighted by Gasteiger charge is -2.23. The maximum Gasteiger partial charge on any atom is 0.323 e. The van der Waals surface area contributed by atoms with Gasteiger partial charge in [-0.05, 0) is 56.1 Å². The normalized spacial score (nSPS) is 18.5. The van der Waals surface area contributed by atoms with Crippen LogP contribution in [0.25, 0.3) is 11.0 Å². The molecule has 126 valence electrons. The van der Waals surface area contributed by atoms with E-state index in [4.69, 9.17) is 0 Å². The first-order valence-corrected chi connectivity index (χ1v) is 8.42. The van der Waals surface area contributed by atoms with Crippen molar-refractivity contribution in [3.05, 3.63) is 44.0 Å². The summed E-state index contributed by atoms with van der Waals surface area (Å²) in [6.45, 7) is 3.02. The molecule has 1 aromatic carbocycles. The first-order chi connectivity index (χ1) is 11.7. The van der Waals surface area contributed by atoms with Crippen molar-refractivity contribution in [2.24, 2.45) is 5.92 Å². The van der Waals surface area contributed by atoms with Crippen molar-refractivity contribution in [1.29, 1.82) is 0 Å². The van der Waals surface area contributed by atoms with Gasteiger partial charge in [-0.15, -0.1) is 0 Å². The van der Waals surface area contributed by atoms with Gasteiger partial charge in [0.15, 0.2) is 0 Å². The Morgan fingerprint density at radius 3 is 2.67 bits per heavy atom. The number of hydrogen-bond donors (Lipinski definition) is 3. The van der Waals surface area contributed by atoms with Crippen LogP contribution in [0.15, 0.2) is 21.7 Å². The second-order valence-corrected chi connectivity index (χ2v) is 6.48. The average Bonchev–Trinajstić information content (AvgIpc) is 2.63. The van der Waals surface area contributed by atoms with Crippen molar-refractivity contribution in [1.82, 2.24) is 20.2 Å². The highest BCUT2D eigenvalue weighted by atomic mass is 16.2. The fraction of sp³-hybridized carbons (Fsp3) is 0.471. The van der Waals surface area contributed by atoms with Crippen molar-refractivity contribution in [3.8, 4) is 0 Å². The smallest absolute Gasteiger partial charge is 0.317 e. The highest BCUT2D eigenvalue weighted by Crippen LogP contribution is 2.23.